The fraction of sp³-hybridized carbons (Fsp3) is 0.529. The number of ether oxygens (including phenoxy) is 1. The van der Waals surface area contributed by atoms with Gasteiger partial charge in [-0.05, 0) is 18.4 Å². The van der Waals surface area contributed by atoms with Crippen molar-refractivity contribution in [3.63, 3.8) is 0 Å². The van der Waals surface area contributed by atoms with Crippen molar-refractivity contribution < 1.29 is 19.4 Å². The number of carboxylic acid groups (broad SMARTS) is 1. The van der Waals surface area contributed by atoms with Gasteiger partial charge in [-0.15, -0.1) is 0 Å². The summed E-state index contributed by atoms with van der Waals surface area (Å²) in [7, 11) is 0. The Hall–Kier alpha value is -1.92. The van der Waals surface area contributed by atoms with Crippen molar-refractivity contribution in [2.45, 2.75) is 31.9 Å². The minimum Gasteiger partial charge on any atom is -0.480 e. The predicted molar refractivity (Wildman–Crippen MR) is 86.0 cm³/mol. The molecule has 2 rings (SSSR count). The fourth-order valence-corrected chi connectivity index (χ4v) is 2.68. The fourth-order valence-electron chi connectivity index (χ4n) is 2.68. The van der Waals surface area contributed by atoms with Gasteiger partial charge in [0.15, 0.2) is 0 Å². The van der Waals surface area contributed by atoms with Crippen molar-refractivity contribution in [3.8, 4) is 0 Å². The van der Waals surface area contributed by atoms with Crippen LogP contribution in [0.3, 0.4) is 0 Å². The zero-order chi connectivity index (χ0) is 16.5. The highest BCUT2D eigenvalue weighted by atomic mass is 16.5. The van der Waals surface area contributed by atoms with Crippen LogP contribution in [-0.2, 0) is 20.9 Å². The molecule has 1 fully saturated rings. The Morgan fingerprint density at radius 3 is 2.57 bits per heavy atom. The van der Waals surface area contributed by atoms with Gasteiger partial charge in [0.05, 0.1) is 13.0 Å². The monoisotopic (exact) mass is 320 g/mol. The summed E-state index contributed by atoms with van der Waals surface area (Å²) < 4.78 is 5.23. The van der Waals surface area contributed by atoms with E-state index in [4.69, 9.17) is 9.84 Å². The maximum absolute atomic E-state index is 11.7. The third kappa shape index (κ3) is 6.80. The van der Waals surface area contributed by atoms with Crippen LogP contribution in [0.15, 0.2) is 30.3 Å². The summed E-state index contributed by atoms with van der Waals surface area (Å²) in [4.78, 5) is 24.3. The Bertz CT molecular complexity index is 499. The molecule has 6 heteroatoms. The number of aliphatic carboxylic acids is 1. The lowest BCUT2D eigenvalue weighted by Crippen LogP contribution is -2.44. The standard InChI is InChI=1S/C17H24N2O4/c20-16(21)12-19-10-7-15(8-11-19)18-9-6-17(22)23-13-14-4-2-1-3-5-14/h1-5,15,18H,6-13H2,(H,20,21). The molecule has 0 spiro atoms. The maximum atomic E-state index is 11.7. The second-order valence-electron chi connectivity index (χ2n) is 5.79. The number of hydrogen-bond donors (Lipinski definition) is 2. The highest BCUT2D eigenvalue weighted by Gasteiger charge is 2.20. The number of carbonyl (C=O) groups excluding carboxylic acids is 1. The third-order valence-corrected chi connectivity index (χ3v) is 3.95. The second-order valence-corrected chi connectivity index (χ2v) is 5.79. The molecule has 0 radical (unpaired) electrons. The average Bonchev–Trinajstić information content (AvgIpc) is 2.55. The Labute approximate surface area is 136 Å². The van der Waals surface area contributed by atoms with Crippen LogP contribution in [-0.4, -0.2) is 54.2 Å². The molecule has 0 unspecified atom stereocenters. The normalized spacial score (nSPS) is 16.2. The molecular formula is C17H24N2O4. The predicted octanol–water partition coefficient (Wildman–Crippen LogP) is 1.26. The van der Waals surface area contributed by atoms with Crippen LogP contribution in [0.1, 0.15) is 24.8 Å². The quantitative estimate of drug-likeness (QED) is 0.702. The van der Waals surface area contributed by atoms with Crippen LogP contribution in [0.5, 0.6) is 0 Å². The largest absolute Gasteiger partial charge is 0.480 e. The molecule has 1 saturated heterocycles. The van der Waals surface area contributed by atoms with E-state index >= 15 is 0 Å². The van der Waals surface area contributed by atoms with Gasteiger partial charge in [-0.2, -0.15) is 0 Å². The Kier molecular flexibility index (Phi) is 7.03. The van der Waals surface area contributed by atoms with Gasteiger partial charge in [-0.25, -0.2) is 0 Å². The van der Waals surface area contributed by atoms with E-state index in [0.29, 0.717) is 25.6 Å². The van der Waals surface area contributed by atoms with E-state index < -0.39 is 5.97 Å². The lowest BCUT2D eigenvalue weighted by atomic mass is 10.1. The molecule has 1 aliphatic heterocycles. The minimum absolute atomic E-state index is 0.110. The van der Waals surface area contributed by atoms with E-state index in [-0.39, 0.29) is 12.5 Å². The van der Waals surface area contributed by atoms with Crippen LogP contribution in [0.2, 0.25) is 0 Å². The first-order valence-electron chi connectivity index (χ1n) is 8.00. The second kappa shape index (κ2) is 9.27. The average molecular weight is 320 g/mol. The maximum Gasteiger partial charge on any atom is 0.317 e. The number of carbonyl (C=O) groups is 2. The van der Waals surface area contributed by atoms with E-state index in [0.717, 1.165) is 31.5 Å². The Balaban J connectivity index is 1.55. The highest BCUT2D eigenvalue weighted by Crippen LogP contribution is 2.10. The van der Waals surface area contributed by atoms with Gasteiger partial charge < -0.3 is 15.2 Å². The molecule has 6 nitrogen and oxygen atoms in total. The molecular weight excluding hydrogens is 296 g/mol. The first kappa shape index (κ1) is 17.4. The lowest BCUT2D eigenvalue weighted by Gasteiger charge is -2.31. The molecule has 0 aromatic heterocycles. The van der Waals surface area contributed by atoms with Gasteiger partial charge in [-0.3, -0.25) is 14.5 Å². The minimum atomic E-state index is -0.780. The summed E-state index contributed by atoms with van der Waals surface area (Å²) in [5.74, 6) is -0.984. The smallest absolute Gasteiger partial charge is 0.317 e. The molecule has 1 aromatic rings. The molecule has 1 aromatic carbocycles. The zero-order valence-corrected chi connectivity index (χ0v) is 13.2. The van der Waals surface area contributed by atoms with Crippen LogP contribution in [0, 0.1) is 0 Å². The van der Waals surface area contributed by atoms with Crippen molar-refractivity contribution in [1.82, 2.24) is 10.2 Å². The molecule has 1 heterocycles. The van der Waals surface area contributed by atoms with Crippen LogP contribution < -0.4 is 5.32 Å². The third-order valence-electron chi connectivity index (χ3n) is 3.95. The molecule has 0 saturated carbocycles. The Morgan fingerprint density at radius 2 is 1.91 bits per heavy atom. The Morgan fingerprint density at radius 1 is 1.22 bits per heavy atom. The van der Waals surface area contributed by atoms with Gasteiger partial charge in [0.1, 0.15) is 6.61 Å². The number of nitrogens with zero attached hydrogens (tertiary/aromatic N) is 1. The summed E-state index contributed by atoms with van der Waals surface area (Å²) in [6, 6.07) is 9.97. The van der Waals surface area contributed by atoms with Crippen LogP contribution in [0.4, 0.5) is 0 Å². The topological polar surface area (TPSA) is 78.9 Å². The first-order valence-corrected chi connectivity index (χ1v) is 8.00. The zero-order valence-electron chi connectivity index (χ0n) is 13.2. The van der Waals surface area contributed by atoms with Gasteiger partial charge in [0.25, 0.3) is 0 Å². The van der Waals surface area contributed by atoms with Crippen molar-refractivity contribution in [2.24, 2.45) is 0 Å². The van der Waals surface area contributed by atoms with E-state index in [1.165, 1.54) is 0 Å². The summed E-state index contributed by atoms with van der Waals surface area (Å²) in [6.07, 6.45) is 2.17. The van der Waals surface area contributed by atoms with Gasteiger partial charge in [0, 0.05) is 25.7 Å². The number of rotatable bonds is 8. The number of likely N-dealkylation sites (tertiary alicyclic amines) is 1. The lowest BCUT2D eigenvalue weighted by molar-refractivity contribution is -0.145. The van der Waals surface area contributed by atoms with Crippen molar-refractivity contribution in [3.05, 3.63) is 35.9 Å². The molecule has 23 heavy (non-hydrogen) atoms. The van der Waals surface area contributed by atoms with Crippen LogP contribution in [0.25, 0.3) is 0 Å². The molecule has 0 bridgehead atoms. The highest BCUT2D eigenvalue weighted by molar-refractivity contribution is 5.69. The van der Waals surface area contributed by atoms with E-state index in [1.807, 2.05) is 35.2 Å². The number of benzene rings is 1. The van der Waals surface area contributed by atoms with E-state index in [9.17, 15) is 9.59 Å². The van der Waals surface area contributed by atoms with Gasteiger partial charge in [0.2, 0.25) is 0 Å². The number of piperidine rings is 1. The van der Waals surface area contributed by atoms with E-state index in [2.05, 4.69) is 5.32 Å². The van der Waals surface area contributed by atoms with Crippen LogP contribution >= 0.6 is 0 Å². The summed E-state index contributed by atoms with van der Waals surface area (Å²) in [5.41, 5.74) is 0.986. The number of hydrogen-bond acceptors (Lipinski definition) is 5. The van der Waals surface area contributed by atoms with Gasteiger partial charge >= 0.3 is 11.9 Å². The SMILES string of the molecule is O=C(O)CN1CCC(NCCC(=O)OCc2ccccc2)CC1. The summed E-state index contributed by atoms with van der Waals surface area (Å²) in [5, 5.41) is 12.1. The molecule has 0 amide bonds. The molecule has 2 N–H and O–H groups in total. The molecule has 126 valence electrons. The molecule has 1 aliphatic rings. The van der Waals surface area contributed by atoms with Gasteiger partial charge in [-0.1, -0.05) is 30.3 Å². The molecule has 0 atom stereocenters. The number of nitrogens with one attached hydrogen (secondary N) is 1. The summed E-state index contributed by atoms with van der Waals surface area (Å²) in [6.45, 7) is 2.58. The number of carboxylic acids is 1. The molecule has 0 aliphatic carbocycles. The number of esters is 1. The van der Waals surface area contributed by atoms with Crippen molar-refractivity contribution >= 4 is 11.9 Å². The van der Waals surface area contributed by atoms with E-state index in [1.54, 1.807) is 0 Å². The first-order chi connectivity index (χ1) is 11.1. The van der Waals surface area contributed by atoms with Crippen molar-refractivity contribution in [1.29, 1.82) is 0 Å². The summed E-state index contributed by atoms with van der Waals surface area (Å²) >= 11 is 0. The van der Waals surface area contributed by atoms with Crippen molar-refractivity contribution in [2.75, 3.05) is 26.2 Å².